The number of nitrogens with zero attached hydrogens (tertiary/aromatic N) is 1. The van der Waals surface area contributed by atoms with Gasteiger partial charge in [-0.3, -0.25) is 18.9 Å². The Morgan fingerprint density at radius 3 is 2.07 bits per heavy atom. The lowest BCUT2D eigenvalue weighted by molar-refractivity contribution is -0.163. The van der Waals surface area contributed by atoms with Gasteiger partial charge in [-0.25, -0.2) is 9.36 Å². The molecule has 14 nitrogen and oxygen atoms in total. The molecule has 4 rings (SSSR count). The minimum atomic E-state index is -4.79. The maximum absolute atomic E-state index is 14.3. The van der Waals surface area contributed by atoms with E-state index in [0.717, 1.165) is 22.3 Å². The minimum Gasteiger partial charge on any atom is -0.483 e. The monoisotopic (exact) mass is 822 g/mol. The number of phosphoric ester groups is 1. The zero-order valence-corrected chi connectivity index (χ0v) is 35.2. The molecule has 1 aliphatic heterocycles. The van der Waals surface area contributed by atoms with Gasteiger partial charge in [-0.1, -0.05) is 92.7 Å². The third-order valence-electron chi connectivity index (χ3n) is 10.2. The molecule has 0 saturated carbocycles. The first-order valence-corrected chi connectivity index (χ1v) is 21.3. The molecular weight excluding hydrogens is 763 g/mol. The third-order valence-corrected chi connectivity index (χ3v) is 10.7. The van der Waals surface area contributed by atoms with E-state index >= 15 is 0 Å². The number of carbonyl (C=O) groups excluding carboxylic acids is 4. The van der Waals surface area contributed by atoms with Gasteiger partial charge in [-0.15, -0.1) is 0 Å². The lowest BCUT2D eigenvalue weighted by Gasteiger charge is -2.38. The highest BCUT2D eigenvalue weighted by molar-refractivity contribution is 7.46. The number of esters is 1. The van der Waals surface area contributed by atoms with Crippen molar-refractivity contribution >= 4 is 31.6 Å². The molecule has 3 aromatic carbocycles. The van der Waals surface area contributed by atoms with Crippen molar-refractivity contribution in [2.45, 2.75) is 97.9 Å². The largest absolute Gasteiger partial charge is 0.483 e. The van der Waals surface area contributed by atoms with Crippen molar-refractivity contribution in [1.82, 2.24) is 20.9 Å². The SMILES string of the molecule is Cc1cccc(C)c1OCC(=O)N[C@@H](Cc1ccccc1)[C@H](C[C@H](Cc1ccccc1)NC(=O)[C@H](C(C)C)N1CCCNC1=O)OC(=O)C(C)(C)CCOP(=O)(O)O. The first kappa shape index (κ1) is 45.9. The van der Waals surface area contributed by atoms with Crippen LogP contribution in [0.3, 0.4) is 0 Å². The molecule has 1 aliphatic rings. The van der Waals surface area contributed by atoms with Gasteiger partial charge in [0.2, 0.25) is 5.91 Å². The molecule has 0 aromatic heterocycles. The Labute approximate surface area is 341 Å². The van der Waals surface area contributed by atoms with Crippen molar-refractivity contribution in [2.24, 2.45) is 11.3 Å². The van der Waals surface area contributed by atoms with Crippen LogP contribution in [-0.2, 0) is 41.1 Å². The molecule has 15 heteroatoms. The fraction of sp³-hybridized carbons (Fsp3) is 0.488. The summed E-state index contributed by atoms with van der Waals surface area (Å²) in [4.78, 5) is 75.3. The van der Waals surface area contributed by atoms with Crippen LogP contribution in [0, 0.1) is 25.2 Å². The number of hydrogen-bond donors (Lipinski definition) is 5. The van der Waals surface area contributed by atoms with Crippen LogP contribution in [0.5, 0.6) is 5.75 Å². The number of phosphoric acid groups is 1. The average Bonchev–Trinajstić information content (AvgIpc) is 3.15. The Morgan fingerprint density at radius 2 is 1.50 bits per heavy atom. The second kappa shape index (κ2) is 21.3. The van der Waals surface area contributed by atoms with Gasteiger partial charge >= 0.3 is 19.8 Å². The molecule has 1 heterocycles. The van der Waals surface area contributed by atoms with E-state index in [1.807, 2.05) is 107 Å². The second-order valence-corrected chi connectivity index (χ2v) is 17.1. The van der Waals surface area contributed by atoms with Crippen molar-refractivity contribution in [3.63, 3.8) is 0 Å². The van der Waals surface area contributed by atoms with Crippen molar-refractivity contribution in [2.75, 3.05) is 26.3 Å². The predicted molar refractivity (Wildman–Crippen MR) is 220 cm³/mol. The molecule has 0 aliphatic carbocycles. The Balaban J connectivity index is 1.72. The smallest absolute Gasteiger partial charge is 0.469 e. The Morgan fingerprint density at radius 1 is 0.897 bits per heavy atom. The van der Waals surface area contributed by atoms with Crippen molar-refractivity contribution in [3.8, 4) is 5.75 Å². The Hall–Kier alpha value is -4.75. The highest BCUT2D eigenvalue weighted by Gasteiger charge is 2.39. The highest BCUT2D eigenvalue weighted by Crippen LogP contribution is 2.37. The minimum absolute atomic E-state index is 0.0496. The number of hydrogen-bond acceptors (Lipinski definition) is 8. The number of benzene rings is 3. The molecule has 0 spiro atoms. The standard InChI is InChI=1S/C43H59N4O10P/c1-29(2)38(47-23-14-22-44-42(47)51)40(49)45-34(25-32-17-9-7-10-18-32)27-36(57-41(50)43(5,6)21-24-56-58(52,53)54)35(26-33-19-11-8-12-20-33)46-37(48)28-55-39-30(3)15-13-16-31(39)4/h7-13,15-20,29,34-36,38H,14,21-28H2,1-6H3,(H,44,51)(H,45,49)(H,46,48)(H2,52,53,54)/t34-,35-,36-,38-/m0/s1. The maximum atomic E-state index is 14.3. The van der Waals surface area contributed by atoms with Crippen LogP contribution in [0.25, 0.3) is 0 Å². The van der Waals surface area contributed by atoms with Gasteiger partial charge < -0.3 is 40.1 Å². The molecule has 316 valence electrons. The zero-order chi connectivity index (χ0) is 42.5. The van der Waals surface area contributed by atoms with Crippen LogP contribution in [-0.4, -0.2) is 89.0 Å². The summed E-state index contributed by atoms with van der Waals surface area (Å²) in [6.45, 7) is 10.9. The molecule has 1 saturated heterocycles. The van der Waals surface area contributed by atoms with Crippen molar-refractivity contribution in [3.05, 3.63) is 101 Å². The number of aryl methyl sites for hydroxylation is 2. The van der Waals surface area contributed by atoms with E-state index in [4.69, 9.17) is 9.47 Å². The fourth-order valence-electron chi connectivity index (χ4n) is 7.05. The summed E-state index contributed by atoms with van der Waals surface area (Å²) in [5.41, 5.74) is 2.20. The summed E-state index contributed by atoms with van der Waals surface area (Å²) in [6.07, 6.45) is 0.193. The lowest BCUT2D eigenvalue weighted by atomic mass is 9.89. The van der Waals surface area contributed by atoms with Gasteiger partial charge in [0.15, 0.2) is 6.61 Å². The van der Waals surface area contributed by atoms with Crippen LogP contribution in [0.1, 0.15) is 69.2 Å². The first-order chi connectivity index (χ1) is 27.4. The Bertz CT molecular complexity index is 1850. The van der Waals surface area contributed by atoms with Gasteiger partial charge in [-0.2, -0.15) is 0 Å². The van der Waals surface area contributed by atoms with Crippen molar-refractivity contribution < 1.29 is 47.5 Å². The maximum Gasteiger partial charge on any atom is 0.469 e. The van der Waals surface area contributed by atoms with E-state index in [1.165, 1.54) is 0 Å². The number of urea groups is 1. The van der Waals surface area contributed by atoms with E-state index in [-0.39, 0.29) is 43.7 Å². The summed E-state index contributed by atoms with van der Waals surface area (Å²) < 4.78 is 28.4. The third kappa shape index (κ3) is 14.3. The second-order valence-electron chi connectivity index (χ2n) is 15.9. The molecule has 4 atom stereocenters. The summed E-state index contributed by atoms with van der Waals surface area (Å²) in [5.74, 6) is -1.15. The zero-order valence-electron chi connectivity index (χ0n) is 34.3. The number of amides is 4. The van der Waals surface area contributed by atoms with E-state index in [9.17, 15) is 33.5 Å². The number of nitrogens with one attached hydrogen (secondary N) is 3. The average molecular weight is 823 g/mol. The summed E-state index contributed by atoms with van der Waals surface area (Å²) >= 11 is 0. The summed E-state index contributed by atoms with van der Waals surface area (Å²) in [5, 5.41) is 9.10. The quantitative estimate of drug-likeness (QED) is 0.0686. The van der Waals surface area contributed by atoms with Crippen LogP contribution >= 0.6 is 7.82 Å². The molecule has 1 fully saturated rings. The molecular formula is C43H59N4O10P. The topological polar surface area (TPSA) is 193 Å². The predicted octanol–water partition coefficient (Wildman–Crippen LogP) is 5.40. The van der Waals surface area contributed by atoms with Crippen LogP contribution in [0.2, 0.25) is 0 Å². The van der Waals surface area contributed by atoms with Crippen molar-refractivity contribution in [1.29, 1.82) is 0 Å². The molecule has 3 aromatic rings. The molecule has 0 unspecified atom stereocenters. The molecule has 0 radical (unpaired) electrons. The highest BCUT2D eigenvalue weighted by atomic mass is 31.2. The lowest BCUT2D eigenvalue weighted by Crippen LogP contribution is -2.59. The number of ether oxygens (including phenoxy) is 2. The molecule has 5 N–H and O–H groups in total. The van der Waals surface area contributed by atoms with Gasteiger partial charge in [0.05, 0.1) is 18.1 Å². The molecule has 58 heavy (non-hydrogen) atoms. The van der Waals surface area contributed by atoms with Gasteiger partial charge in [-0.05, 0) is 81.5 Å². The van der Waals surface area contributed by atoms with Gasteiger partial charge in [0, 0.05) is 25.6 Å². The van der Waals surface area contributed by atoms with E-state index < -0.39 is 56.0 Å². The van der Waals surface area contributed by atoms with Gasteiger partial charge in [0.25, 0.3) is 5.91 Å². The van der Waals surface area contributed by atoms with E-state index in [1.54, 1.807) is 18.7 Å². The Kier molecular flexibility index (Phi) is 16.9. The van der Waals surface area contributed by atoms with Crippen LogP contribution < -0.4 is 20.7 Å². The number of rotatable bonds is 21. The van der Waals surface area contributed by atoms with Crippen LogP contribution in [0.15, 0.2) is 78.9 Å². The fourth-order valence-corrected chi connectivity index (χ4v) is 7.38. The summed E-state index contributed by atoms with van der Waals surface area (Å²) in [6, 6.07) is 22.0. The van der Waals surface area contributed by atoms with Crippen LogP contribution in [0.4, 0.5) is 4.79 Å². The number of para-hydroxylation sites is 1. The summed E-state index contributed by atoms with van der Waals surface area (Å²) in [7, 11) is -4.79. The van der Waals surface area contributed by atoms with E-state index in [2.05, 4.69) is 20.5 Å². The normalized spacial score (nSPS) is 15.5. The van der Waals surface area contributed by atoms with Gasteiger partial charge in [0.1, 0.15) is 17.9 Å². The molecule has 0 bridgehead atoms. The van der Waals surface area contributed by atoms with E-state index in [0.29, 0.717) is 31.7 Å². The first-order valence-electron chi connectivity index (χ1n) is 19.8. The molecule has 4 amide bonds. The number of carbonyl (C=O) groups is 4.